The van der Waals surface area contributed by atoms with Gasteiger partial charge in [-0.2, -0.15) is 0 Å². The fraction of sp³-hybridized carbons (Fsp3) is 0.391. The molecule has 2 aliphatic rings. The van der Waals surface area contributed by atoms with Crippen LogP contribution in [0, 0.1) is 0 Å². The Kier molecular flexibility index (Phi) is 5.51. The molecule has 0 spiro atoms. The van der Waals surface area contributed by atoms with Crippen molar-refractivity contribution in [1.82, 2.24) is 4.72 Å². The Bertz CT molecular complexity index is 995. The number of nitrogens with one attached hydrogen (secondary N) is 2. The van der Waals surface area contributed by atoms with Crippen LogP contribution >= 0.6 is 11.9 Å². The van der Waals surface area contributed by atoms with Crippen LogP contribution in [0.4, 0.5) is 10.5 Å². The fourth-order valence-corrected chi connectivity index (χ4v) is 5.12. The van der Waals surface area contributed by atoms with E-state index in [1.807, 2.05) is 0 Å². The lowest BCUT2D eigenvalue weighted by Crippen LogP contribution is -2.25. The number of anilines is 1. The van der Waals surface area contributed by atoms with Crippen LogP contribution in [0.15, 0.2) is 29.2 Å². The molecule has 0 aromatic heterocycles. The zero-order valence-corrected chi connectivity index (χ0v) is 18.1. The molecular weight excluding hydrogens is 398 g/mol. The van der Waals surface area contributed by atoms with Gasteiger partial charge in [0.15, 0.2) is 0 Å². The molecule has 2 aliphatic carbocycles. The third kappa shape index (κ3) is 4.04. The van der Waals surface area contributed by atoms with E-state index in [-0.39, 0.29) is 6.03 Å². The van der Waals surface area contributed by atoms with Crippen LogP contribution in [-0.2, 0) is 31.3 Å². The summed E-state index contributed by atoms with van der Waals surface area (Å²) >= 11 is 1.03. The standard InChI is InChI=1S/C23H27N3O3S/c1-23(2,29)15-9-10-18(21(24)27)19(12-15)30-26-22(28)25-20-16-7-3-5-13(16)11-14-6-4-8-17(14)20/h9-12,29H,3-8H2,1-2H3,(H2,24,27)(H2,25,26,28). The van der Waals surface area contributed by atoms with Crippen LogP contribution in [0.1, 0.15) is 64.9 Å². The van der Waals surface area contributed by atoms with Crippen LogP contribution in [0.5, 0.6) is 0 Å². The molecule has 0 saturated carbocycles. The summed E-state index contributed by atoms with van der Waals surface area (Å²) in [6, 6.07) is 6.92. The van der Waals surface area contributed by atoms with Gasteiger partial charge in [-0.15, -0.1) is 0 Å². The molecule has 2 aromatic rings. The van der Waals surface area contributed by atoms with E-state index in [9.17, 15) is 14.7 Å². The van der Waals surface area contributed by atoms with Crippen molar-refractivity contribution in [2.75, 3.05) is 5.32 Å². The van der Waals surface area contributed by atoms with Gasteiger partial charge in [0.2, 0.25) is 5.91 Å². The fourth-order valence-electron chi connectivity index (χ4n) is 4.40. The number of aliphatic hydroxyl groups is 1. The van der Waals surface area contributed by atoms with Gasteiger partial charge in [0.25, 0.3) is 0 Å². The van der Waals surface area contributed by atoms with E-state index in [4.69, 9.17) is 5.73 Å². The minimum Gasteiger partial charge on any atom is -0.386 e. The molecule has 0 fully saturated rings. The summed E-state index contributed by atoms with van der Waals surface area (Å²) in [5, 5.41) is 13.3. The molecule has 4 rings (SSSR count). The zero-order valence-electron chi connectivity index (χ0n) is 17.3. The number of amides is 3. The van der Waals surface area contributed by atoms with Crippen molar-refractivity contribution < 1.29 is 14.7 Å². The maximum Gasteiger partial charge on any atom is 0.329 e. The Morgan fingerprint density at radius 3 is 2.23 bits per heavy atom. The van der Waals surface area contributed by atoms with Crippen LogP contribution in [-0.4, -0.2) is 17.0 Å². The second-order valence-electron chi connectivity index (χ2n) is 8.53. The largest absolute Gasteiger partial charge is 0.386 e. The number of hydrogen-bond acceptors (Lipinski definition) is 4. The first-order chi connectivity index (χ1) is 14.2. The smallest absolute Gasteiger partial charge is 0.329 e. The normalized spacial score (nSPS) is 14.9. The maximum atomic E-state index is 12.7. The Hall–Kier alpha value is -2.51. The Balaban J connectivity index is 1.54. The van der Waals surface area contributed by atoms with E-state index in [0.717, 1.165) is 56.2 Å². The van der Waals surface area contributed by atoms with Gasteiger partial charge in [-0.05, 0) is 104 Å². The average Bonchev–Trinajstić information content (AvgIpc) is 3.34. The van der Waals surface area contributed by atoms with Gasteiger partial charge in [-0.3, -0.25) is 9.52 Å². The zero-order chi connectivity index (χ0) is 21.5. The summed E-state index contributed by atoms with van der Waals surface area (Å²) in [5.41, 5.74) is 11.5. The number of aryl methyl sites for hydroxylation is 2. The van der Waals surface area contributed by atoms with E-state index in [1.54, 1.807) is 32.0 Å². The summed E-state index contributed by atoms with van der Waals surface area (Å²) in [7, 11) is 0. The number of hydrogen-bond donors (Lipinski definition) is 4. The third-order valence-electron chi connectivity index (χ3n) is 5.92. The molecule has 7 heteroatoms. The number of fused-ring (bicyclic) bond motifs is 2. The Morgan fingerprint density at radius 1 is 1.03 bits per heavy atom. The van der Waals surface area contributed by atoms with Gasteiger partial charge >= 0.3 is 6.03 Å². The summed E-state index contributed by atoms with van der Waals surface area (Å²) in [6.07, 6.45) is 6.36. The molecule has 6 nitrogen and oxygen atoms in total. The topological polar surface area (TPSA) is 104 Å². The van der Waals surface area contributed by atoms with E-state index < -0.39 is 11.5 Å². The monoisotopic (exact) mass is 425 g/mol. The van der Waals surface area contributed by atoms with Gasteiger partial charge in [0.1, 0.15) is 0 Å². The van der Waals surface area contributed by atoms with Gasteiger partial charge in [-0.1, -0.05) is 12.1 Å². The Morgan fingerprint density at radius 2 is 1.67 bits per heavy atom. The first kappa shape index (κ1) is 20.8. The average molecular weight is 426 g/mol. The number of primary amides is 1. The van der Waals surface area contributed by atoms with Crippen molar-refractivity contribution in [2.24, 2.45) is 5.73 Å². The number of urea groups is 1. The molecule has 30 heavy (non-hydrogen) atoms. The molecule has 0 aliphatic heterocycles. The minimum absolute atomic E-state index is 0.301. The summed E-state index contributed by atoms with van der Waals surface area (Å²) in [4.78, 5) is 25.0. The van der Waals surface area contributed by atoms with Crippen LogP contribution in [0.3, 0.4) is 0 Å². The summed E-state index contributed by atoms with van der Waals surface area (Å²) < 4.78 is 2.78. The SMILES string of the molecule is CC(C)(O)c1ccc(C(N)=O)c(SNC(=O)Nc2c3c(cc4c2CCC4)CCC3)c1. The maximum absolute atomic E-state index is 12.7. The summed E-state index contributed by atoms with van der Waals surface area (Å²) in [5.74, 6) is -0.583. The lowest BCUT2D eigenvalue weighted by molar-refractivity contribution is 0.0782. The van der Waals surface area contributed by atoms with Gasteiger partial charge in [0, 0.05) is 10.6 Å². The molecule has 0 unspecified atom stereocenters. The summed E-state index contributed by atoms with van der Waals surface area (Å²) in [6.45, 7) is 3.33. The van der Waals surface area contributed by atoms with Crippen LogP contribution in [0.2, 0.25) is 0 Å². The number of carbonyl (C=O) groups is 2. The molecule has 0 saturated heterocycles. The predicted octanol–water partition coefficient (Wildman–Crippen LogP) is 3.82. The predicted molar refractivity (Wildman–Crippen MR) is 119 cm³/mol. The molecule has 3 amide bonds. The number of carbonyl (C=O) groups excluding carboxylic acids is 2. The molecular formula is C23H27N3O3S. The minimum atomic E-state index is -1.07. The van der Waals surface area contributed by atoms with Crippen molar-refractivity contribution in [2.45, 2.75) is 62.9 Å². The quantitative estimate of drug-likeness (QED) is 0.547. The van der Waals surface area contributed by atoms with E-state index in [0.29, 0.717) is 16.0 Å². The highest BCUT2D eigenvalue weighted by Crippen LogP contribution is 2.38. The van der Waals surface area contributed by atoms with E-state index in [2.05, 4.69) is 16.1 Å². The molecule has 0 atom stereocenters. The Labute approximate surface area is 180 Å². The van der Waals surface area contributed by atoms with Crippen molar-refractivity contribution in [3.05, 3.63) is 57.6 Å². The molecule has 0 radical (unpaired) electrons. The van der Waals surface area contributed by atoms with Crippen LogP contribution in [0.25, 0.3) is 0 Å². The second-order valence-corrected chi connectivity index (χ2v) is 9.37. The lowest BCUT2D eigenvalue weighted by Gasteiger charge is -2.20. The first-order valence-corrected chi connectivity index (χ1v) is 11.1. The highest BCUT2D eigenvalue weighted by atomic mass is 32.2. The molecule has 5 N–H and O–H groups in total. The van der Waals surface area contributed by atoms with Gasteiger partial charge in [-0.25, -0.2) is 4.79 Å². The molecule has 158 valence electrons. The van der Waals surface area contributed by atoms with Crippen molar-refractivity contribution in [3.8, 4) is 0 Å². The number of nitrogens with two attached hydrogens (primary N) is 1. The highest BCUT2D eigenvalue weighted by molar-refractivity contribution is 7.98. The highest BCUT2D eigenvalue weighted by Gasteiger charge is 2.25. The number of rotatable bonds is 5. The first-order valence-electron chi connectivity index (χ1n) is 10.3. The van der Waals surface area contributed by atoms with Crippen molar-refractivity contribution in [3.63, 3.8) is 0 Å². The van der Waals surface area contributed by atoms with Crippen LogP contribution < -0.4 is 15.8 Å². The lowest BCUT2D eigenvalue weighted by atomic mass is 9.97. The molecule has 0 bridgehead atoms. The third-order valence-corrected chi connectivity index (χ3v) is 6.76. The van der Waals surface area contributed by atoms with E-state index >= 15 is 0 Å². The van der Waals surface area contributed by atoms with Crippen molar-refractivity contribution >= 4 is 29.6 Å². The molecule has 2 aromatic carbocycles. The van der Waals surface area contributed by atoms with Crippen molar-refractivity contribution in [1.29, 1.82) is 0 Å². The number of benzene rings is 2. The molecule has 0 heterocycles. The van der Waals surface area contributed by atoms with Gasteiger partial charge < -0.3 is 16.2 Å². The second kappa shape index (κ2) is 7.96. The van der Waals surface area contributed by atoms with E-state index in [1.165, 1.54) is 22.3 Å². The van der Waals surface area contributed by atoms with Gasteiger partial charge in [0.05, 0.1) is 11.2 Å².